The van der Waals surface area contributed by atoms with Crippen molar-refractivity contribution in [2.45, 2.75) is 76.3 Å². The van der Waals surface area contributed by atoms with Gasteiger partial charge in [-0.05, 0) is 97.6 Å². The number of ether oxygens (including phenoxy) is 1. The smallest absolute Gasteiger partial charge is 0.375 e. The normalized spacial score (nSPS) is 35.0. The maximum Gasteiger partial charge on any atom is 0.375 e. The van der Waals surface area contributed by atoms with Crippen molar-refractivity contribution in [1.82, 2.24) is 4.98 Å². The van der Waals surface area contributed by atoms with Crippen LogP contribution >= 0.6 is 11.8 Å². The summed E-state index contributed by atoms with van der Waals surface area (Å²) in [5, 5.41) is 12.8. The summed E-state index contributed by atoms with van der Waals surface area (Å²) < 4.78 is 11.7. The summed E-state index contributed by atoms with van der Waals surface area (Å²) >= 11 is 1.17. The van der Waals surface area contributed by atoms with Crippen LogP contribution < -0.4 is 0 Å². The van der Waals surface area contributed by atoms with E-state index in [-0.39, 0.29) is 39.8 Å². The molecule has 0 radical (unpaired) electrons. The second-order valence-corrected chi connectivity index (χ2v) is 14.4. The number of pyridine rings is 1. The van der Waals surface area contributed by atoms with Gasteiger partial charge >= 0.3 is 5.97 Å². The summed E-state index contributed by atoms with van der Waals surface area (Å²) in [4.78, 5) is 44.7. The number of aliphatic hydroxyl groups is 1. The molecule has 3 saturated carbocycles. The fourth-order valence-electron chi connectivity index (χ4n) is 9.29. The summed E-state index contributed by atoms with van der Waals surface area (Å²) in [6, 6.07) is 13.1. The van der Waals surface area contributed by atoms with Crippen LogP contribution in [0.25, 0.3) is 10.9 Å². The summed E-state index contributed by atoms with van der Waals surface area (Å²) in [7, 11) is 0. The quantitative estimate of drug-likeness (QED) is 0.324. The average Bonchev–Trinajstić information content (AvgIpc) is 3.63. The van der Waals surface area contributed by atoms with Gasteiger partial charge in [-0.25, -0.2) is 4.79 Å². The molecule has 3 fully saturated rings. The van der Waals surface area contributed by atoms with E-state index >= 15 is 0 Å². The lowest BCUT2D eigenvalue weighted by Gasteiger charge is -2.60. The number of fused-ring (bicyclic) bond motifs is 6. The van der Waals surface area contributed by atoms with Gasteiger partial charge in [0.2, 0.25) is 10.9 Å². The van der Waals surface area contributed by atoms with Gasteiger partial charge in [-0.3, -0.25) is 14.6 Å². The van der Waals surface area contributed by atoms with E-state index < -0.39 is 23.1 Å². The molecule has 7 atom stereocenters. The standard InChI is InChI=1S/C35H37NO6S/c1-33-13-11-24(37)18-23(33)9-10-25-26-12-14-35(34(26,2)19-28(38)30(25)33,42-31(39)29-6-4-16-41-29)32(40)43-20-21-7-8-22-5-3-15-36-27(22)17-21/h3-8,15-18,25-26,28,30,38H,9-14,19-20H2,1-2H3/t25?,26?,28?,30?,33?,34?,35-/m0/s1. The molecule has 0 saturated heterocycles. The van der Waals surface area contributed by atoms with Crippen LogP contribution in [0.2, 0.25) is 0 Å². The molecule has 3 aromatic rings. The van der Waals surface area contributed by atoms with Crippen molar-refractivity contribution >= 4 is 39.5 Å². The van der Waals surface area contributed by atoms with Gasteiger partial charge in [0.15, 0.2) is 11.4 Å². The SMILES string of the molecule is CC12CCC(=O)C=C1CCC1C2C(O)CC2(C)C1CC[C@]2(OC(=O)c1ccco1)C(=O)SCc1ccc2cccnc2c1. The maximum atomic E-state index is 14.5. The van der Waals surface area contributed by atoms with Crippen LogP contribution in [0.1, 0.15) is 74.9 Å². The van der Waals surface area contributed by atoms with Crippen LogP contribution in [0.15, 0.2) is 71.0 Å². The predicted octanol–water partition coefficient (Wildman–Crippen LogP) is 6.69. The fourth-order valence-corrected chi connectivity index (χ4v) is 10.4. The lowest BCUT2D eigenvalue weighted by Crippen LogP contribution is -2.62. The number of furan rings is 1. The first-order valence-corrected chi connectivity index (χ1v) is 16.3. The largest absolute Gasteiger partial charge is 0.457 e. The molecule has 8 heteroatoms. The van der Waals surface area contributed by atoms with Crippen molar-refractivity contribution in [1.29, 1.82) is 0 Å². The molecular formula is C35H37NO6S. The first kappa shape index (κ1) is 28.5. The third-order valence-electron chi connectivity index (χ3n) is 11.4. The van der Waals surface area contributed by atoms with Crippen molar-refractivity contribution in [3.8, 4) is 0 Å². The topological polar surface area (TPSA) is 107 Å². The highest BCUT2D eigenvalue weighted by atomic mass is 32.2. The maximum absolute atomic E-state index is 14.5. The van der Waals surface area contributed by atoms with Crippen LogP contribution in [0.4, 0.5) is 0 Å². The molecule has 43 heavy (non-hydrogen) atoms. The molecule has 224 valence electrons. The number of thioether (sulfide) groups is 1. The zero-order chi connectivity index (χ0) is 30.0. The third-order valence-corrected chi connectivity index (χ3v) is 12.4. The van der Waals surface area contributed by atoms with Crippen molar-refractivity contribution < 1.29 is 28.6 Å². The van der Waals surface area contributed by atoms with E-state index in [1.165, 1.54) is 18.0 Å². The van der Waals surface area contributed by atoms with Crippen LogP contribution in [0.3, 0.4) is 0 Å². The van der Waals surface area contributed by atoms with Crippen molar-refractivity contribution in [2.24, 2.45) is 28.6 Å². The van der Waals surface area contributed by atoms with Gasteiger partial charge < -0.3 is 14.3 Å². The van der Waals surface area contributed by atoms with Crippen LogP contribution in [-0.2, 0) is 20.1 Å². The second kappa shape index (κ2) is 10.4. The van der Waals surface area contributed by atoms with Crippen LogP contribution in [-0.4, -0.2) is 38.7 Å². The Bertz CT molecular complexity index is 1630. The number of aliphatic hydroxyl groups excluding tert-OH is 1. The Morgan fingerprint density at radius 1 is 1.12 bits per heavy atom. The van der Waals surface area contributed by atoms with E-state index in [0.717, 1.165) is 47.7 Å². The van der Waals surface area contributed by atoms with Gasteiger partial charge in [0, 0.05) is 29.2 Å². The molecule has 0 amide bonds. The number of hydrogen-bond acceptors (Lipinski definition) is 8. The number of rotatable bonds is 5. The van der Waals surface area contributed by atoms with E-state index in [4.69, 9.17) is 9.15 Å². The van der Waals surface area contributed by atoms with Crippen molar-refractivity contribution in [2.75, 3.05) is 0 Å². The van der Waals surface area contributed by atoms with Gasteiger partial charge in [0.05, 0.1) is 17.9 Å². The van der Waals surface area contributed by atoms with Crippen LogP contribution in [0, 0.1) is 28.6 Å². The monoisotopic (exact) mass is 599 g/mol. The molecule has 4 aliphatic rings. The van der Waals surface area contributed by atoms with Gasteiger partial charge in [-0.1, -0.05) is 49.4 Å². The van der Waals surface area contributed by atoms with E-state index in [9.17, 15) is 19.5 Å². The molecule has 2 heterocycles. The number of allylic oxidation sites excluding steroid dienone is 1. The fraction of sp³-hybridized carbons (Fsp3) is 0.486. The molecule has 0 bridgehead atoms. The lowest BCUT2D eigenvalue weighted by atomic mass is 9.45. The minimum Gasteiger partial charge on any atom is -0.457 e. The summed E-state index contributed by atoms with van der Waals surface area (Å²) in [5.74, 6) is 0.262. The Balaban J connectivity index is 1.22. The van der Waals surface area contributed by atoms with Gasteiger partial charge in [0.1, 0.15) is 0 Å². The molecule has 7 rings (SSSR count). The van der Waals surface area contributed by atoms with Gasteiger partial charge in [0.25, 0.3) is 0 Å². The number of nitrogens with zero attached hydrogens (tertiary/aromatic N) is 1. The highest BCUT2D eigenvalue weighted by molar-refractivity contribution is 8.13. The molecule has 6 unspecified atom stereocenters. The number of ketones is 1. The molecule has 4 aliphatic carbocycles. The molecule has 7 nitrogen and oxygen atoms in total. The average molecular weight is 600 g/mol. The molecule has 1 aromatic carbocycles. The minimum absolute atomic E-state index is 0.00288. The second-order valence-electron chi connectivity index (χ2n) is 13.4. The Labute approximate surface area is 255 Å². The van der Waals surface area contributed by atoms with E-state index in [1.807, 2.05) is 36.4 Å². The number of esters is 1. The lowest BCUT2D eigenvalue weighted by molar-refractivity contribution is -0.176. The van der Waals surface area contributed by atoms with Crippen LogP contribution in [0.5, 0.6) is 0 Å². The molecule has 0 spiro atoms. The van der Waals surface area contributed by atoms with Gasteiger partial charge in [-0.15, -0.1) is 0 Å². The van der Waals surface area contributed by atoms with E-state index in [1.54, 1.807) is 18.3 Å². The van der Waals surface area contributed by atoms with E-state index in [2.05, 4.69) is 18.8 Å². The summed E-state index contributed by atoms with van der Waals surface area (Å²) in [6.07, 6.45) is 8.72. The molecular weight excluding hydrogens is 562 g/mol. The first-order valence-electron chi connectivity index (χ1n) is 15.3. The first-order chi connectivity index (χ1) is 20.6. The number of carbonyl (C=O) groups excluding carboxylic acids is 3. The summed E-state index contributed by atoms with van der Waals surface area (Å²) in [6.45, 7) is 4.27. The molecule has 0 aliphatic heterocycles. The van der Waals surface area contributed by atoms with Crippen molar-refractivity contribution in [3.63, 3.8) is 0 Å². The van der Waals surface area contributed by atoms with Crippen molar-refractivity contribution in [3.05, 3.63) is 77.9 Å². The highest BCUT2D eigenvalue weighted by Crippen LogP contribution is 2.69. The zero-order valence-corrected chi connectivity index (χ0v) is 25.4. The molecule has 1 N–H and O–H groups in total. The summed E-state index contributed by atoms with van der Waals surface area (Å²) in [5.41, 5.74) is 0.588. The Kier molecular flexibility index (Phi) is 6.93. The Hall–Kier alpha value is -3.23. The minimum atomic E-state index is -1.41. The number of benzene rings is 1. The molecule has 2 aromatic heterocycles. The zero-order valence-electron chi connectivity index (χ0n) is 24.6. The Morgan fingerprint density at radius 2 is 1.98 bits per heavy atom. The Morgan fingerprint density at radius 3 is 2.79 bits per heavy atom. The van der Waals surface area contributed by atoms with E-state index in [0.29, 0.717) is 25.0 Å². The third kappa shape index (κ3) is 4.43. The predicted molar refractivity (Wildman–Crippen MR) is 163 cm³/mol. The highest BCUT2D eigenvalue weighted by Gasteiger charge is 2.70. The number of aromatic nitrogens is 1. The number of carbonyl (C=O) groups is 3. The van der Waals surface area contributed by atoms with Gasteiger partial charge in [-0.2, -0.15) is 0 Å². The number of hydrogen-bond donors (Lipinski definition) is 1.